The van der Waals surface area contributed by atoms with Gasteiger partial charge in [-0.2, -0.15) is 17.5 Å². The molecule has 1 aliphatic rings. The summed E-state index contributed by atoms with van der Waals surface area (Å²) in [5, 5.41) is 0.796. The number of hydrogen-bond donors (Lipinski definition) is 1. The summed E-state index contributed by atoms with van der Waals surface area (Å²) >= 11 is 0. The number of esters is 2. The first kappa shape index (κ1) is 28.8. The number of H-pyrrole nitrogens is 1. The molecule has 0 bridgehead atoms. The maximum absolute atomic E-state index is 12.8. The number of benzene rings is 2. The lowest BCUT2D eigenvalue weighted by molar-refractivity contribution is -0.193. The lowest BCUT2D eigenvalue weighted by atomic mass is 10.0. The Morgan fingerprint density at radius 1 is 1.00 bits per heavy atom. The molecule has 2 aromatic carbocycles. The van der Waals surface area contributed by atoms with E-state index in [0.717, 1.165) is 41.5 Å². The third-order valence-electron chi connectivity index (χ3n) is 6.44. The highest BCUT2D eigenvalue weighted by molar-refractivity contribution is 7.89. The number of fused-ring (bicyclic) bond motifs is 1. The highest BCUT2D eigenvalue weighted by Crippen LogP contribution is 2.30. The van der Waals surface area contributed by atoms with Crippen molar-refractivity contribution in [1.29, 1.82) is 0 Å². The fraction of sp³-hybridized carbons (Fsp3) is 0.207. The number of pyridine rings is 1. The van der Waals surface area contributed by atoms with Crippen LogP contribution in [0, 0.1) is 11.8 Å². The molecule has 0 aliphatic carbocycles. The summed E-state index contributed by atoms with van der Waals surface area (Å²) in [5.41, 5.74) is 2.57. The third-order valence-corrected chi connectivity index (χ3v) is 8.35. The van der Waals surface area contributed by atoms with E-state index in [-0.39, 0.29) is 17.1 Å². The molecule has 0 atom stereocenters. The summed E-state index contributed by atoms with van der Waals surface area (Å²) in [6, 6.07) is 15.4. The Balaban J connectivity index is 1.23. The van der Waals surface area contributed by atoms with Gasteiger partial charge in [0.25, 0.3) is 0 Å². The van der Waals surface area contributed by atoms with Crippen LogP contribution >= 0.6 is 0 Å². The van der Waals surface area contributed by atoms with Crippen molar-refractivity contribution in [2.45, 2.75) is 23.9 Å². The molecule has 3 heterocycles. The molecule has 9 nitrogen and oxygen atoms in total. The molecule has 0 unspecified atom stereocenters. The zero-order valence-electron chi connectivity index (χ0n) is 21.8. The van der Waals surface area contributed by atoms with Crippen molar-refractivity contribution >= 4 is 33.0 Å². The van der Waals surface area contributed by atoms with E-state index in [1.54, 1.807) is 30.5 Å². The molecular weight excluding hydrogens is 575 g/mol. The molecule has 42 heavy (non-hydrogen) atoms. The van der Waals surface area contributed by atoms with E-state index >= 15 is 0 Å². The predicted molar refractivity (Wildman–Crippen MR) is 145 cm³/mol. The van der Waals surface area contributed by atoms with Gasteiger partial charge in [0, 0.05) is 24.7 Å². The Morgan fingerprint density at radius 3 is 2.36 bits per heavy atom. The fourth-order valence-electron chi connectivity index (χ4n) is 4.37. The summed E-state index contributed by atoms with van der Waals surface area (Å²) in [6.07, 6.45) is -1.90. The van der Waals surface area contributed by atoms with Gasteiger partial charge in [-0.3, -0.25) is 0 Å². The number of aromatic amines is 1. The largest absolute Gasteiger partial charge is 0.491 e. The van der Waals surface area contributed by atoms with Gasteiger partial charge in [0.1, 0.15) is 18.0 Å². The van der Waals surface area contributed by atoms with Crippen LogP contribution in [0.5, 0.6) is 5.75 Å². The van der Waals surface area contributed by atoms with Crippen molar-refractivity contribution in [2.75, 3.05) is 19.7 Å². The van der Waals surface area contributed by atoms with Crippen LogP contribution in [0.2, 0.25) is 0 Å². The summed E-state index contributed by atoms with van der Waals surface area (Å²) in [5.74, 6) is 2.04. The van der Waals surface area contributed by atoms with Gasteiger partial charge in [0.15, 0.2) is 0 Å². The molecule has 2 aromatic heterocycles. The quantitative estimate of drug-likeness (QED) is 0.195. The van der Waals surface area contributed by atoms with Crippen LogP contribution in [0.3, 0.4) is 0 Å². The maximum atomic E-state index is 12.8. The van der Waals surface area contributed by atoms with E-state index in [9.17, 15) is 31.2 Å². The van der Waals surface area contributed by atoms with Crippen LogP contribution in [-0.2, 0) is 19.6 Å². The molecule has 4 aromatic rings. The van der Waals surface area contributed by atoms with Crippen molar-refractivity contribution in [2.24, 2.45) is 0 Å². The van der Waals surface area contributed by atoms with E-state index in [1.165, 1.54) is 16.4 Å². The minimum atomic E-state index is -5.27. The van der Waals surface area contributed by atoms with Gasteiger partial charge in [-0.05, 0) is 78.4 Å². The van der Waals surface area contributed by atoms with Crippen molar-refractivity contribution in [3.05, 3.63) is 78.1 Å². The summed E-state index contributed by atoms with van der Waals surface area (Å²) in [6.45, 7) is 1.03. The number of halogens is 3. The molecule has 0 amide bonds. The standard InChI is InChI=1S/C29H22F3N3O6S/c30-29(31,32)28(37)41-27(36)20-5-9-22(10-6-20)40-17-3-4-21-18-25-24(13-14-33-26(25)34-21)19-7-11-23(12-8-19)42(38,39)35-15-1-2-16-35/h5-14,18H,1-2,15-17H2,(H,33,34). The van der Waals surface area contributed by atoms with E-state index in [4.69, 9.17) is 4.74 Å². The molecule has 1 fully saturated rings. The van der Waals surface area contributed by atoms with Crippen LogP contribution in [0.4, 0.5) is 13.2 Å². The zero-order valence-corrected chi connectivity index (χ0v) is 22.6. The number of ether oxygens (including phenoxy) is 2. The Bertz CT molecular complexity index is 1800. The number of rotatable bonds is 6. The number of aromatic nitrogens is 2. The lowest BCUT2D eigenvalue weighted by Crippen LogP contribution is -2.28. The second kappa shape index (κ2) is 11.7. The molecular formula is C29H22F3N3O6S. The molecule has 0 radical (unpaired) electrons. The van der Waals surface area contributed by atoms with Crippen LogP contribution in [0.15, 0.2) is 71.8 Å². The molecule has 13 heteroatoms. The summed E-state index contributed by atoms with van der Waals surface area (Å²) < 4.78 is 73.2. The van der Waals surface area contributed by atoms with Crippen LogP contribution in [0.25, 0.3) is 22.2 Å². The Labute approximate surface area is 238 Å². The van der Waals surface area contributed by atoms with E-state index in [1.807, 2.05) is 12.1 Å². The number of nitrogens with zero attached hydrogens (tertiary/aromatic N) is 2. The minimum absolute atomic E-state index is 0.0427. The molecule has 0 spiro atoms. The number of carbonyl (C=O) groups excluding carboxylic acids is 2. The SMILES string of the molecule is O=C(OC(=O)C(F)(F)F)c1ccc(OCC#Cc2cc3c(-c4ccc(S(=O)(=O)N5CCCC5)cc4)ccnc3[nH]2)cc1. The van der Waals surface area contributed by atoms with Crippen molar-refractivity contribution in [3.63, 3.8) is 0 Å². The number of hydrogen-bond acceptors (Lipinski definition) is 7. The van der Waals surface area contributed by atoms with Gasteiger partial charge in [0.05, 0.1) is 16.2 Å². The second-order valence-corrected chi connectivity index (χ2v) is 11.2. The van der Waals surface area contributed by atoms with Crippen molar-refractivity contribution in [1.82, 2.24) is 14.3 Å². The predicted octanol–water partition coefficient (Wildman–Crippen LogP) is 4.69. The molecule has 1 saturated heterocycles. The Hall–Kier alpha value is -4.67. The molecule has 216 valence electrons. The van der Waals surface area contributed by atoms with E-state index in [2.05, 4.69) is 26.5 Å². The van der Waals surface area contributed by atoms with Gasteiger partial charge >= 0.3 is 18.1 Å². The number of nitrogens with one attached hydrogen (secondary N) is 1. The summed E-state index contributed by atoms with van der Waals surface area (Å²) in [7, 11) is -3.51. The Morgan fingerprint density at radius 2 is 1.69 bits per heavy atom. The van der Waals surface area contributed by atoms with Crippen LogP contribution < -0.4 is 4.74 Å². The monoisotopic (exact) mass is 597 g/mol. The van der Waals surface area contributed by atoms with Gasteiger partial charge in [-0.1, -0.05) is 18.1 Å². The highest BCUT2D eigenvalue weighted by Gasteiger charge is 2.42. The number of alkyl halides is 3. The zero-order chi connectivity index (χ0) is 29.9. The van der Waals surface area contributed by atoms with E-state index < -0.39 is 28.1 Å². The first-order valence-electron chi connectivity index (χ1n) is 12.7. The second-order valence-electron chi connectivity index (χ2n) is 9.23. The van der Waals surface area contributed by atoms with Crippen LogP contribution in [0.1, 0.15) is 28.9 Å². The first-order valence-corrected chi connectivity index (χ1v) is 14.1. The first-order chi connectivity index (χ1) is 20.0. The number of sulfonamides is 1. The fourth-order valence-corrected chi connectivity index (χ4v) is 5.89. The lowest BCUT2D eigenvalue weighted by Gasteiger charge is -2.15. The molecule has 1 aliphatic heterocycles. The Kier molecular flexibility index (Phi) is 8.02. The van der Waals surface area contributed by atoms with E-state index in [0.29, 0.717) is 30.2 Å². The van der Waals surface area contributed by atoms with Crippen molar-refractivity contribution in [3.8, 4) is 28.7 Å². The minimum Gasteiger partial charge on any atom is -0.481 e. The smallest absolute Gasteiger partial charge is 0.481 e. The van der Waals surface area contributed by atoms with Gasteiger partial charge < -0.3 is 14.5 Å². The molecule has 1 N–H and O–H groups in total. The molecule has 5 rings (SSSR count). The average Bonchev–Trinajstić information content (AvgIpc) is 3.66. The highest BCUT2D eigenvalue weighted by atomic mass is 32.2. The normalized spacial score (nSPS) is 13.9. The average molecular weight is 598 g/mol. The van der Waals surface area contributed by atoms with Crippen molar-refractivity contribution < 1.29 is 40.7 Å². The maximum Gasteiger partial charge on any atom is 0.491 e. The molecule has 0 saturated carbocycles. The third kappa shape index (κ3) is 6.29. The van der Waals surface area contributed by atoms with Crippen LogP contribution in [-0.4, -0.2) is 60.5 Å². The topological polar surface area (TPSA) is 119 Å². The summed E-state index contributed by atoms with van der Waals surface area (Å²) in [4.78, 5) is 30.2. The number of carbonyl (C=O) groups is 2. The van der Waals surface area contributed by atoms with Gasteiger partial charge in [-0.25, -0.2) is 23.0 Å². The van der Waals surface area contributed by atoms with Gasteiger partial charge in [-0.15, -0.1) is 0 Å². The van der Waals surface area contributed by atoms with Gasteiger partial charge in [0.2, 0.25) is 10.0 Å².